The van der Waals surface area contributed by atoms with Crippen LogP contribution >= 0.6 is 24.0 Å². The number of aryl methyl sites for hydroxylation is 1. The molecule has 0 aromatic carbocycles. The Morgan fingerprint density at radius 2 is 2.47 bits per heavy atom. The molecule has 0 amide bonds. The highest BCUT2D eigenvalue weighted by Crippen LogP contribution is 2.36. The lowest BCUT2D eigenvalue weighted by Crippen LogP contribution is -2.17. The van der Waals surface area contributed by atoms with Crippen molar-refractivity contribution in [2.75, 3.05) is 5.75 Å². The maximum Gasteiger partial charge on any atom is 0.0945 e. The van der Waals surface area contributed by atoms with E-state index in [1.54, 1.807) is 0 Å². The second-order valence-corrected chi connectivity index (χ2v) is 5.86. The molecule has 1 aliphatic rings. The number of imidazole rings is 1. The first-order chi connectivity index (χ1) is 7.22. The van der Waals surface area contributed by atoms with Gasteiger partial charge < -0.3 is 4.57 Å². The third kappa shape index (κ3) is 2.26. The van der Waals surface area contributed by atoms with Gasteiger partial charge in [-0.05, 0) is 18.8 Å². The molecule has 0 aliphatic carbocycles. The zero-order chi connectivity index (χ0) is 10.8. The second-order valence-electron chi connectivity index (χ2n) is 4.10. The largest absolute Gasteiger partial charge is 0.338 e. The minimum absolute atomic E-state index is 0.625. The highest BCUT2D eigenvalue weighted by molar-refractivity contribution is 8.23. The van der Waals surface area contributed by atoms with Gasteiger partial charge in [-0.25, -0.2) is 4.98 Å². The zero-order valence-corrected chi connectivity index (χ0v) is 10.8. The monoisotopic (exact) mass is 240 g/mol. The van der Waals surface area contributed by atoms with E-state index >= 15 is 0 Å². The van der Waals surface area contributed by atoms with Crippen molar-refractivity contribution < 1.29 is 0 Å². The molecule has 2 atom stereocenters. The number of hydrogen-bond acceptors (Lipinski definition) is 3. The van der Waals surface area contributed by atoms with Gasteiger partial charge in [-0.2, -0.15) is 0 Å². The summed E-state index contributed by atoms with van der Waals surface area (Å²) in [5, 5.41) is 0. The molecule has 1 aromatic heterocycles. The van der Waals surface area contributed by atoms with Crippen LogP contribution in [-0.2, 0) is 13.5 Å². The molecular formula is C11H16N2S2. The lowest BCUT2D eigenvalue weighted by Gasteiger charge is -2.16. The van der Waals surface area contributed by atoms with Gasteiger partial charge in [0, 0.05) is 30.6 Å². The third-order valence-electron chi connectivity index (χ3n) is 3.14. The van der Waals surface area contributed by atoms with Crippen molar-refractivity contribution in [3.63, 3.8) is 0 Å². The van der Waals surface area contributed by atoms with Crippen LogP contribution in [0.3, 0.4) is 0 Å². The van der Waals surface area contributed by atoms with Gasteiger partial charge in [0.25, 0.3) is 0 Å². The van der Waals surface area contributed by atoms with Crippen molar-refractivity contribution in [3.05, 3.63) is 18.2 Å². The Kier molecular flexibility index (Phi) is 3.46. The fourth-order valence-electron chi connectivity index (χ4n) is 2.16. The predicted molar refractivity (Wildman–Crippen MR) is 69.2 cm³/mol. The third-order valence-corrected chi connectivity index (χ3v) is 4.98. The fourth-order valence-corrected chi connectivity index (χ4v) is 4.02. The molecule has 0 saturated carbocycles. The minimum Gasteiger partial charge on any atom is -0.338 e. The smallest absolute Gasteiger partial charge is 0.0945 e. The van der Waals surface area contributed by atoms with Crippen LogP contribution in [-0.4, -0.2) is 19.5 Å². The molecule has 1 aromatic rings. The summed E-state index contributed by atoms with van der Waals surface area (Å²) in [7, 11) is 2.06. The van der Waals surface area contributed by atoms with Crippen LogP contribution < -0.4 is 0 Å². The summed E-state index contributed by atoms with van der Waals surface area (Å²) < 4.78 is 3.32. The number of nitrogens with zero attached hydrogens (tertiary/aromatic N) is 2. The first-order valence-electron chi connectivity index (χ1n) is 5.34. The molecule has 1 fully saturated rings. The van der Waals surface area contributed by atoms with Crippen LogP contribution in [0.1, 0.15) is 19.0 Å². The number of aromatic nitrogens is 2. The van der Waals surface area contributed by atoms with Crippen molar-refractivity contribution in [1.29, 1.82) is 0 Å². The first-order valence-corrected chi connectivity index (χ1v) is 6.73. The van der Waals surface area contributed by atoms with E-state index in [4.69, 9.17) is 12.2 Å². The van der Waals surface area contributed by atoms with E-state index in [0.29, 0.717) is 11.8 Å². The van der Waals surface area contributed by atoms with E-state index in [2.05, 4.69) is 23.5 Å². The van der Waals surface area contributed by atoms with Gasteiger partial charge in [0.05, 0.1) is 10.5 Å². The summed E-state index contributed by atoms with van der Waals surface area (Å²) in [6.07, 6.45) is 6.13. The minimum atomic E-state index is 0.625. The van der Waals surface area contributed by atoms with Crippen molar-refractivity contribution in [3.8, 4) is 0 Å². The van der Waals surface area contributed by atoms with Gasteiger partial charge in [-0.15, -0.1) is 11.8 Å². The number of thioether (sulfide) groups is 1. The summed E-state index contributed by atoms with van der Waals surface area (Å²) in [6, 6.07) is 0. The van der Waals surface area contributed by atoms with E-state index in [0.717, 1.165) is 6.42 Å². The molecule has 4 heteroatoms. The Morgan fingerprint density at radius 3 is 3.07 bits per heavy atom. The molecule has 2 heterocycles. The van der Waals surface area contributed by atoms with Gasteiger partial charge in [0.15, 0.2) is 0 Å². The Balaban J connectivity index is 2.06. The molecule has 82 valence electrons. The molecular weight excluding hydrogens is 224 g/mol. The number of hydrogen-bond donors (Lipinski definition) is 0. The van der Waals surface area contributed by atoms with E-state index in [1.807, 2.05) is 24.3 Å². The highest BCUT2D eigenvalue weighted by Gasteiger charge is 2.31. The molecule has 0 spiro atoms. The van der Waals surface area contributed by atoms with Crippen LogP contribution in [0, 0.1) is 11.8 Å². The summed E-state index contributed by atoms with van der Waals surface area (Å²) >= 11 is 7.25. The highest BCUT2D eigenvalue weighted by atomic mass is 32.2. The molecule has 0 N–H and O–H groups in total. The van der Waals surface area contributed by atoms with Crippen LogP contribution in [0.25, 0.3) is 0 Å². The maximum absolute atomic E-state index is 5.39. The Hall–Kier alpha value is -0.350. The summed E-state index contributed by atoms with van der Waals surface area (Å²) in [5.41, 5.74) is 1.32. The van der Waals surface area contributed by atoms with Crippen molar-refractivity contribution >= 4 is 28.2 Å². The van der Waals surface area contributed by atoms with Gasteiger partial charge in [0.2, 0.25) is 0 Å². The lowest BCUT2D eigenvalue weighted by molar-refractivity contribution is 0.456. The predicted octanol–water partition coefficient (Wildman–Crippen LogP) is 2.68. The number of rotatable bonds is 3. The molecule has 2 nitrogen and oxygen atoms in total. The molecule has 1 aliphatic heterocycles. The van der Waals surface area contributed by atoms with Gasteiger partial charge >= 0.3 is 0 Å². The van der Waals surface area contributed by atoms with Crippen LogP contribution in [0.5, 0.6) is 0 Å². The SMILES string of the molecule is CC[C@@H]1C(=S)SC[C@@H]1Cc1cncn1C. The molecule has 0 bridgehead atoms. The Morgan fingerprint density at radius 1 is 1.67 bits per heavy atom. The topological polar surface area (TPSA) is 17.8 Å². The van der Waals surface area contributed by atoms with E-state index in [-0.39, 0.29) is 0 Å². The first kappa shape index (κ1) is 11.1. The average molecular weight is 240 g/mol. The van der Waals surface area contributed by atoms with E-state index in [1.165, 1.54) is 22.1 Å². The van der Waals surface area contributed by atoms with Gasteiger partial charge in [0.1, 0.15) is 0 Å². The molecule has 0 radical (unpaired) electrons. The molecule has 1 saturated heterocycles. The quantitative estimate of drug-likeness (QED) is 0.757. The Bertz CT molecular complexity index is 359. The fraction of sp³-hybridized carbons (Fsp3) is 0.636. The zero-order valence-electron chi connectivity index (χ0n) is 9.14. The van der Waals surface area contributed by atoms with Crippen molar-refractivity contribution in [2.45, 2.75) is 19.8 Å². The Labute approximate surface area is 100 Å². The molecule has 15 heavy (non-hydrogen) atoms. The molecule has 0 unspecified atom stereocenters. The lowest BCUT2D eigenvalue weighted by atomic mass is 9.90. The summed E-state index contributed by atoms with van der Waals surface area (Å²) in [4.78, 5) is 4.16. The van der Waals surface area contributed by atoms with Crippen LogP contribution in [0.15, 0.2) is 12.5 Å². The van der Waals surface area contributed by atoms with Crippen LogP contribution in [0.4, 0.5) is 0 Å². The van der Waals surface area contributed by atoms with Gasteiger partial charge in [-0.3, -0.25) is 0 Å². The van der Waals surface area contributed by atoms with Crippen molar-refractivity contribution in [2.24, 2.45) is 18.9 Å². The van der Waals surface area contributed by atoms with Crippen molar-refractivity contribution in [1.82, 2.24) is 9.55 Å². The summed E-state index contributed by atoms with van der Waals surface area (Å²) in [6.45, 7) is 2.24. The maximum atomic E-state index is 5.39. The van der Waals surface area contributed by atoms with Crippen LogP contribution in [0.2, 0.25) is 0 Å². The normalized spacial score (nSPS) is 26.1. The molecule has 2 rings (SSSR count). The summed E-state index contributed by atoms with van der Waals surface area (Å²) in [5.74, 6) is 2.52. The number of thiocarbonyl (C=S) groups is 1. The van der Waals surface area contributed by atoms with Gasteiger partial charge in [-0.1, -0.05) is 19.1 Å². The van der Waals surface area contributed by atoms with E-state index < -0.39 is 0 Å². The second kappa shape index (κ2) is 4.66. The van der Waals surface area contributed by atoms with E-state index in [9.17, 15) is 0 Å². The average Bonchev–Trinajstić information content (AvgIpc) is 2.76. The standard InChI is InChI=1S/C11H16N2S2/c1-3-10-8(6-15-11(10)14)4-9-5-12-7-13(9)2/h5,7-8,10H,3-4,6H2,1-2H3/t8-,10-/m0/s1.